The number of nitrogens with zero attached hydrogens (tertiary/aromatic N) is 1. The number of fused-ring (bicyclic) bond motifs is 1. The zero-order chi connectivity index (χ0) is 13.3. The zero-order valence-corrected chi connectivity index (χ0v) is 10.6. The SMILES string of the molecule is CS(=O)(=O)OCC1CCc2ccc([N+](=O)[O-])cc21. The smallest absolute Gasteiger partial charge is 0.269 e. The Labute approximate surface area is 105 Å². The standard InChI is InChI=1S/C11H13NO5S/c1-18(15,16)17-7-9-3-2-8-4-5-10(12(13)14)6-11(8)9/h4-6,9H,2-3,7H2,1H3. The molecule has 1 aliphatic carbocycles. The Morgan fingerprint density at radius 3 is 2.83 bits per heavy atom. The van der Waals surface area contributed by atoms with Crippen molar-refractivity contribution in [1.82, 2.24) is 0 Å². The molecule has 98 valence electrons. The fourth-order valence-corrected chi connectivity index (χ4v) is 2.58. The van der Waals surface area contributed by atoms with Gasteiger partial charge in [-0.05, 0) is 24.0 Å². The number of hydrogen-bond acceptors (Lipinski definition) is 5. The summed E-state index contributed by atoms with van der Waals surface area (Å²) in [5, 5.41) is 10.7. The Hall–Kier alpha value is -1.47. The first-order valence-electron chi connectivity index (χ1n) is 5.48. The van der Waals surface area contributed by atoms with Gasteiger partial charge in [0.25, 0.3) is 15.8 Å². The number of nitro groups is 1. The van der Waals surface area contributed by atoms with E-state index in [1.165, 1.54) is 12.1 Å². The van der Waals surface area contributed by atoms with Crippen molar-refractivity contribution in [2.24, 2.45) is 0 Å². The van der Waals surface area contributed by atoms with Crippen molar-refractivity contribution in [1.29, 1.82) is 0 Å². The average Bonchev–Trinajstić information content (AvgIpc) is 2.67. The lowest BCUT2D eigenvalue weighted by Gasteiger charge is -2.10. The summed E-state index contributed by atoms with van der Waals surface area (Å²) in [6.07, 6.45) is 2.55. The fraction of sp³-hybridized carbons (Fsp3) is 0.455. The minimum Gasteiger partial charge on any atom is -0.270 e. The molecule has 7 heteroatoms. The first-order chi connectivity index (χ1) is 8.37. The first-order valence-corrected chi connectivity index (χ1v) is 7.30. The van der Waals surface area contributed by atoms with Crippen LogP contribution in [0.4, 0.5) is 5.69 Å². The predicted molar refractivity (Wildman–Crippen MR) is 65.0 cm³/mol. The minimum atomic E-state index is -3.47. The molecule has 0 bridgehead atoms. The van der Waals surface area contributed by atoms with Crippen LogP contribution in [-0.2, 0) is 20.7 Å². The van der Waals surface area contributed by atoms with Gasteiger partial charge in [-0.25, -0.2) is 0 Å². The molecule has 0 radical (unpaired) electrons. The maximum absolute atomic E-state index is 10.9. The third-order valence-corrected chi connectivity index (χ3v) is 3.59. The van der Waals surface area contributed by atoms with Gasteiger partial charge >= 0.3 is 0 Å². The highest BCUT2D eigenvalue weighted by Gasteiger charge is 2.26. The molecule has 0 N–H and O–H groups in total. The second-order valence-electron chi connectivity index (χ2n) is 4.36. The second kappa shape index (κ2) is 4.66. The summed E-state index contributed by atoms with van der Waals surface area (Å²) in [5.74, 6) is -0.0883. The quantitative estimate of drug-likeness (QED) is 0.471. The highest BCUT2D eigenvalue weighted by Crippen LogP contribution is 2.35. The van der Waals surface area contributed by atoms with Crippen molar-refractivity contribution in [3.63, 3.8) is 0 Å². The summed E-state index contributed by atoms with van der Waals surface area (Å²) >= 11 is 0. The van der Waals surface area contributed by atoms with Crippen LogP contribution in [0.2, 0.25) is 0 Å². The molecule has 6 nitrogen and oxygen atoms in total. The van der Waals surface area contributed by atoms with Gasteiger partial charge in [-0.3, -0.25) is 14.3 Å². The highest BCUT2D eigenvalue weighted by molar-refractivity contribution is 7.85. The maximum Gasteiger partial charge on any atom is 0.269 e. The Morgan fingerprint density at radius 2 is 2.22 bits per heavy atom. The third-order valence-electron chi connectivity index (χ3n) is 3.03. The van der Waals surface area contributed by atoms with Crippen LogP contribution < -0.4 is 0 Å². The molecule has 0 saturated carbocycles. The summed E-state index contributed by atoms with van der Waals surface area (Å²) in [5.41, 5.74) is 1.88. The van der Waals surface area contributed by atoms with Gasteiger partial charge in [-0.2, -0.15) is 8.42 Å². The molecule has 1 atom stereocenters. The first kappa shape index (κ1) is 13.0. The van der Waals surface area contributed by atoms with E-state index >= 15 is 0 Å². The topological polar surface area (TPSA) is 86.5 Å². The van der Waals surface area contributed by atoms with Crippen LogP contribution in [0.3, 0.4) is 0 Å². The molecular weight excluding hydrogens is 258 g/mol. The number of hydrogen-bond donors (Lipinski definition) is 0. The van der Waals surface area contributed by atoms with E-state index in [9.17, 15) is 18.5 Å². The van der Waals surface area contributed by atoms with Crippen LogP contribution in [0.5, 0.6) is 0 Å². The lowest BCUT2D eigenvalue weighted by Crippen LogP contribution is -2.10. The van der Waals surface area contributed by atoms with Crippen molar-refractivity contribution in [2.75, 3.05) is 12.9 Å². The molecule has 0 heterocycles. The maximum atomic E-state index is 10.9. The second-order valence-corrected chi connectivity index (χ2v) is 6.01. The molecular formula is C11H13NO5S. The van der Waals surface area contributed by atoms with Gasteiger partial charge < -0.3 is 0 Å². The molecule has 1 aliphatic rings. The van der Waals surface area contributed by atoms with Crippen molar-refractivity contribution >= 4 is 15.8 Å². The Morgan fingerprint density at radius 1 is 1.50 bits per heavy atom. The molecule has 0 spiro atoms. The van der Waals surface area contributed by atoms with Crippen molar-refractivity contribution in [2.45, 2.75) is 18.8 Å². The van der Waals surface area contributed by atoms with Gasteiger partial charge in [-0.1, -0.05) is 6.07 Å². The molecule has 0 amide bonds. The predicted octanol–water partition coefficient (Wildman–Crippen LogP) is 1.60. The molecule has 0 aliphatic heterocycles. The van der Waals surface area contributed by atoms with Crippen LogP contribution in [0.1, 0.15) is 23.5 Å². The molecule has 1 aromatic rings. The lowest BCUT2D eigenvalue weighted by molar-refractivity contribution is -0.384. The summed E-state index contributed by atoms with van der Waals surface area (Å²) in [4.78, 5) is 10.3. The molecule has 1 aromatic carbocycles. The average molecular weight is 271 g/mol. The van der Waals surface area contributed by atoms with E-state index in [0.717, 1.165) is 30.2 Å². The van der Waals surface area contributed by atoms with Crippen molar-refractivity contribution in [3.8, 4) is 0 Å². The van der Waals surface area contributed by atoms with E-state index in [1.807, 2.05) is 0 Å². The molecule has 0 saturated heterocycles. The van der Waals surface area contributed by atoms with E-state index in [0.29, 0.717) is 0 Å². The van der Waals surface area contributed by atoms with E-state index < -0.39 is 15.0 Å². The van der Waals surface area contributed by atoms with E-state index in [4.69, 9.17) is 4.18 Å². The van der Waals surface area contributed by atoms with Crippen LogP contribution in [0, 0.1) is 10.1 Å². The van der Waals surface area contributed by atoms with Gasteiger partial charge in [0.15, 0.2) is 0 Å². The summed E-state index contributed by atoms with van der Waals surface area (Å²) in [6, 6.07) is 4.71. The van der Waals surface area contributed by atoms with Crippen molar-refractivity contribution < 1.29 is 17.5 Å². The monoisotopic (exact) mass is 271 g/mol. The van der Waals surface area contributed by atoms with E-state index in [2.05, 4.69) is 0 Å². The molecule has 2 rings (SSSR count). The number of aryl methyl sites for hydroxylation is 1. The van der Waals surface area contributed by atoms with Gasteiger partial charge in [-0.15, -0.1) is 0 Å². The van der Waals surface area contributed by atoms with Crippen LogP contribution in [-0.4, -0.2) is 26.2 Å². The normalized spacial score (nSPS) is 18.6. The Kier molecular flexibility index (Phi) is 3.36. The number of benzene rings is 1. The van der Waals surface area contributed by atoms with Gasteiger partial charge in [0.2, 0.25) is 0 Å². The molecule has 0 fully saturated rings. The van der Waals surface area contributed by atoms with Crippen LogP contribution in [0.25, 0.3) is 0 Å². The molecule has 18 heavy (non-hydrogen) atoms. The van der Waals surface area contributed by atoms with Crippen molar-refractivity contribution in [3.05, 3.63) is 39.4 Å². The van der Waals surface area contributed by atoms with E-state index in [-0.39, 0.29) is 18.2 Å². The summed E-state index contributed by atoms with van der Waals surface area (Å²) in [6.45, 7) is 0.0486. The Balaban J connectivity index is 2.21. The summed E-state index contributed by atoms with van der Waals surface area (Å²) in [7, 11) is -3.47. The highest BCUT2D eigenvalue weighted by atomic mass is 32.2. The largest absolute Gasteiger partial charge is 0.270 e. The fourth-order valence-electron chi connectivity index (χ4n) is 2.17. The minimum absolute atomic E-state index is 0.0278. The zero-order valence-electron chi connectivity index (χ0n) is 9.83. The number of non-ortho nitro benzene ring substituents is 1. The van der Waals surface area contributed by atoms with E-state index in [1.54, 1.807) is 6.07 Å². The van der Waals surface area contributed by atoms with Gasteiger partial charge in [0.05, 0.1) is 17.8 Å². The number of rotatable bonds is 4. The summed E-state index contributed by atoms with van der Waals surface area (Å²) < 4.78 is 26.7. The van der Waals surface area contributed by atoms with Crippen LogP contribution in [0.15, 0.2) is 18.2 Å². The third kappa shape index (κ3) is 2.85. The van der Waals surface area contributed by atoms with Gasteiger partial charge in [0.1, 0.15) is 0 Å². The molecule has 1 unspecified atom stereocenters. The Bertz CT molecular complexity index is 581. The van der Waals surface area contributed by atoms with Crippen LogP contribution >= 0.6 is 0 Å². The number of nitro benzene ring substituents is 1. The molecule has 0 aromatic heterocycles. The lowest BCUT2D eigenvalue weighted by atomic mass is 10.0. The van der Waals surface area contributed by atoms with Gasteiger partial charge in [0, 0.05) is 18.1 Å².